The smallest absolute Gasteiger partial charge is 0.197 e. The second-order valence-electron chi connectivity index (χ2n) is 11.2. The molecule has 6 heteroatoms. The summed E-state index contributed by atoms with van der Waals surface area (Å²) in [6.45, 7) is 0. The first-order chi connectivity index (χ1) is 22.3. The van der Waals surface area contributed by atoms with E-state index in [1.54, 1.807) is 0 Å². The van der Waals surface area contributed by atoms with Crippen LogP contribution in [0.1, 0.15) is 0 Å². The molecule has 0 radical (unpaired) electrons. The van der Waals surface area contributed by atoms with Gasteiger partial charge in [-0.05, 0) is 46.9 Å². The van der Waals surface area contributed by atoms with E-state index < -0.39 is 0 Å². The normalized spacial score (nSPS) is 12.5. The van der Waals surface area contributed by atoms with Gasteiger partial charge < -0.3 is 4.90 Å². The van der Waals surface area contributed by atoms with Gasteiger partial charge in [0.1, 0.15) is 0 Å². The SMILES string of the molecule is B1c2c(-c3nc(-c4ccccc4)nc(-c4ccccc4)n3)cccc2-c2cccc(N3c4ccccc4Sc4ccccc43)c21. The summed E-state index contributed by atoms with van der Waals surface area (Å²) < 4.78 is 0. The van der Waals surface area contributed by atoms with E-state index in [-0.39, 0.29) is 0 Å². The van der Waals surface area contributed by atoms with Crippen molar-refractivity contribution < 1.29 is 0 Å². The number of anilines is 3. The Labute approximate surface area is 266 Å². The Balaban J connectivity index is 1.21. The van der Waals surface area contributed by atoms with E-state index in [1.807, 2.05) is 48.2 Å². The fraction of sp³-hybridized carbons (Fsp3) is 0. The van der Waals surface area contributed by atoms with E-state index in [1.165, 1.54) is 48.9 Å². The second kappa shape index (κ2) is 10.6. The van der Waals surface area contributed by atoms with Gasteiger partial charge in [-0.1, -0.05) is 132 Å². The highest BCUT2D eigenvalue weighted by atomic mass is 32.2. The molecule has 1 aromatic heterocycles. The zero-order valence-electron chi connectivity index (χ0n) is 24.3. The zero-order chi connectivity index (χ0) is 29.7. The maximum Gasteiger partial charge on any atom is 0.197 e. The first-order valence-electron chi connectivity index (χ1n) is 15.1. The molecular weight excluding hydrogens is 567 g/mol. The zero-order valence-corrected chi connectivity index (χ0v) is 25.1. The molecule has 210 valence electrons. The summed E-state index contributed by atoms with van der Waals surface area (Å²) in [5, 5.41) is 0. The predicted octanol–water partition coefficient (Wildman–Crippen LogP) is 8.17. The van der Waals surface area contributed by atoms with E-state index in [4.69, 9.17) is 15.0 Å². The van der Waals surface area contributed by atoms with Crippen LogP contribution in [0, 0.1) is 0 Å². The van der Waals surface area contributed by atoms with Gasteiger partial charge in [0.05, 0.1) is 11.4 Å². The molecule has 7 aromatic rings. The fourth-order valence-electron chi connectivity index (χ4n) is 6.53. The summed E-state index contributed by atoms with van der Waals surface area (Å²) >= 11 is 1.84. The predicted molar refractivity (Wildman–Crippen MR) is 187 cm³/mol. The molecule has 0 fully saturated rings. The van der Waals surface area contributed by atoms with E-state index >= 15 is 0 Å². The Morgan fingerprint density at radius 2 is 0.867 bits per heavy atom. The molecule has 0 N–H and O–H groups in total. The van der Waals surface area contributed by atoms with Crippen molar-refractivity contribution in [3.63, 3.8) is 0 Å². The number of hydrogen-bond acceptors (Lipinski definition) is 5. The molecule has 9 rings (SSSR count). The molecule has 0 saturated heterocycles. The number of para-hydroxylation sites is 2. The molecule has 0 atom stereocenters. The van der Waals surface area contributed by atoms with E-state index in [9.17, 15) is 0 Å². The highest BCUT2D eigenvalue weighted by Crippen LogP contribution is 2.51. The highest BCUT2D eigenvalue weighted by molar-refractivity contribution is 7.99. The van der Waals surface area contributed by atoms with Gasteiger partial charge in [0.2, 0.25) is 0 Å². The molecule has 0 spiro atoms. The van der Waals surface area contributed by atoms with E-state index in [0.29, 0.717) is 17.5 Å². The average molecular weight is 593 g/mol. The number of nitrogens with zero attached hydrogens (tertiary/aromatic N) is 4. The van der Waals surface area contributed by atoms with Crippen LogP contribution in [0.2, 0.25) is 0 Å². The molecule has 0 amide bonds. The van der Waals surface area contributed by atoms with Gasteiger partial charge in [0, 0.05) is 32.2 Å². The third kappa shape index (κ3) is 4.37. The van der Waals surface area contributed by atoms with Crippen molar-refractivity contribution in [1.82, 2.24) is 15.0 Å². The fourth-order valence-corrected chi connectivity index (χ4v) is 7.59. The van der Waals surface area contributed by atoms with E-state index in [2.05, 4.69) is 114 Å². The second-order valence-corrected chi connectivity index (χ2v) is 12.3. The first-order valence-corrected chi connectivity index (χ1v) is 15.9. The van der Waals surface area contributed by atoms with Crippen molar-refractivity contribution in [1.29, 1.82) is 0 Å². The van der Waals surface area contributed by atoms with Crippen LogP contribution in [0.4, 0.5) is 17.1 Å². The third-order valence-electron chi connectivity index (χ3n) is 8.58. The average Bonchev–Trinajstić information content (AvgIpc) is 3.51. The van der Waals surface area contributed by atoms with Crippen molar-refractivity contribution in [2.24, 2.45) is 0 Å². The highest BCUT2D eigenvalue weighted by Gasteiger charge is 2.31. The van der Waals surface area contributed by atoms with Crippen LogP contribution in [0.25, 0.3) is 45.3 Å². The maximum absolute atomic E-state index is 5.08. The number of rotatable bonds is 4. The van der Waals surface area contributed by atoms with Crippen molar-refractivity contribution in [3.05, 3.63) is 146 Å². The lowest BCUT2D eigenvalue weighted by molar-refractivity contribution is 1.08. The molecule has 3 heterocycles. The van der Waals surface area contributed by atoms with Crippen LogP contribution in [0.3, 0.4) is 0 Å². The van der Waals surface area contributed by atoms with Gasteiger partial charge in [-0.3, -0.25) is 0 Å². The number of aromatic nitrogens is 3. The quantitative estimate of drug-likeness (QED) is 0.193. The van der Waals surface area contributed by atoms with Crippen molar-refractivity contribution in [2.75, 3.05) is 4.90 Å². The molecule has 0 bridgehead atoms. The molecule has 0 saturated carbocycles. The minimum absolute atomic E-state index is 0.673. The number of benzene rings is 6. The topological polar surface area (TPSA) is 41.9 Å². The minimum Gasteiger partial charge on any atom is -0.309 e. The Morgan fingerprint density at radius 3 is 1.49 bits per heavy atom. The largest absolute Gasteiger partial charge is 0.309 e. The summed E-state index contributed by atoms with van der Waals surface area (Å²) in [6, 6.07) is 51.0. The summed E-state index contributed by atoms with van der Waals surface area (Å²) in [5.41, 5.74) is 11.7. The van der Waals surface area contributed by atoms with Crippen LogP contribution in [-0.4, -0.2) is 22.2 Å². The molecule has 0 unspecified atom stereocenters. The standard InChI is InChI=1S/C39H25BN4S/c1-3-13-25(14-4-1)37-41-38(26-15-5-2-6-16-26)43-39(42-37)29-19-11-17-27-28-18-12-22-32(36(28)40-35(27)29)44-30-20-7-9-23-33(30)45-34-24-10-8-21-31(34)44/h1-24,40H. The van der Waals surface area contributed by atoms with Gasteiger partial charge in [0.25, 0.3) is 0 Å². The lowest BCUT2D eigenvalue weighted by atomic mass is 9.65. The van der Waals surface area contributed by atoms with Gasteiger partial charge in [-0.25, -0.2) is 15.0 Å². The Bertz CT molecular complexity index is 2130. The summed E-state index contributed by atoms with van der Waals surface area (Å²) in [6.07, 6.45) is 0. The maximum atomic E-state index is 5.08. The summed E-state index contributed by atoms with van der Waals surface area (Å²) in [7, 11) is 0.790. The summed E-state index contributed by atoms with van der Waals surface area (Å²) in [4.78, 5) is 20.0. The molecule has 2 aliphatic heterocycles. The molecule has 4 nitrogen and oxygen atoms in total. The molecular formula is C39H25BN4S. The van der Waals surface area contributed by atoms with Gasteiger partial charge in [0.15, 0.2) is 24.8 Å². The van der Waals surface area contributed by atoms with Crippen molar-refractivity contribution in [2.45, 2.75) is 9.79 Å². The van der Waals surface area contributed by atoms with Gasteiger partial charge in [-0.15, -0.1) is 0 Å². The van der Waals surface area contributed by atoms with Crippen LogP contribution in [-0.2, 0) is 0 Å². The summed E-state index contributed by atoms with van der Waals surface area (Å²) in [5.74, 6) is 2.04. The third-order valence-corrected chi connectivity index (χ3v) is 9.71. The molecule has 45 heavy (non-hydrogen) atoms. The molecule has 6 aromatic carbocycles. The molecule has 2 aliphatic rings. The number of hydrogen-bond donors (Lipinski definition) is 0. The van der Waals surface area contributed by atoms with Crippen molar-refractivity contribution >= 4 is 47.0 Å². The van der Waals surface area contributed by atoms with Crippen LogP contribution < -0.4 is 15.8 Å². The Morgan fingerprint density at radius 1 is 0.400 bits per heavy atom. The molecule has 0 aliphatic carbocycles. The minimum atomic E-state index is 0.673. The van der Waals surface area contributed by atoms with Gasteiger partial charge in [-0.2, -0.15) is 0 Å². The Kier molecular flexibility index (Phi) is 6.13. The van der Waals surface area contributed by atoms with Crippen LogP contribution in [0.5, 0.6) is 0 Å². The van der Waals surface area contributed by atoms with Crippen molar-refractivity contribution in [3.8, 4) is 45.3 Å². The Hall–Kier alpha value is -5.46. The number of fused-ring (bicyclic) bond motifs is 5. The van der Waals surface area contributed by atoms with Crippen LogP contribution >= 0.6 is 11.8 Å². The first kappa shape index (κ1) is 26.0. The van der Waals surface area contributed by atoms with Crippen LogP contribution in [0.15, 0.2) is 155 Å². The van der Waals surface area contributed by atoms with E-state index in [0.717, 1.165) is 24.0 Å². The lowest BCUT2D eigenvalue weighted by Crippen LogP contribution is -2.29. The van der Waals surface area contributed by atoms with Gasteiger partial charge >= 0.3 is 0 Å². The lowest BCUT2D eigenvalue weighted by Gasteiger charge is -2.34. The monoisotopic (exact) mass is 592 g/mol.